The number of nitrogens with zero attached hydrogens (tertiary/aromatic N) is 1. The third-order valence-electron chi connectivity index (χ3n) is 3.25. The molecule has 3 heteroatoms. The Morgan fingerprint density at radius 1 is 1.28 bits per heavy atom. The first-order valence-corrected chi connectivity index (χ1v) is 6.42. The number of aryl methyl sites for hydroxylation is 3. The van der Waals surface area contributed by atoms with Gasteiger partial charge in [-0.3, -0.25) is 4.79 Å². The van der Waals surface area contributed by atoms with Crippen molar-refractivity contribution in [1.82, 2.24) is 0 Å². The topological polar surface area (TPSA) is 40.5 Å². The minimum absolute atomic E-state index is 0.356. The van der Waals surface area contributed by atoms with Gasteiger partial charge in [-0.1, -0.05) is 24.6 Å². The predicted octanol–water partition coefficient (Wildman–Crippen LogP) is 3.16. The Balaban J connectivity index is 3.06. The van der Waals surface area contributed by atoms with Crippen LogP contribution in [-0.4, -0.2) is 24.2 Å². The summed E-state index contributed by atoms with van der Waals surface area (Å²) in [5, 5.41) is 9.03. The summed E-state index contributed by atoms with van der Waals surface area (Å²) >= 11 is 0. The Morgan fingerprint density at radius 3 is 2.17 bits per heavy atom. The summed E-state index contributed by atoms with van der Waals surface area (Å²) in [4.78, 5) is 13.1. The molecule has 0 aromatic heterocycles. The summed E-state index contributed by atoms with van der Waals surface area (Å²) in [6.45, 7) is 11.4. The van der Waals surface area contributed by atoms with E-state index in [4.69, 9.17) is 5.11 Å². The molecule has 1 aromatic rings. The monoisotopic (exact) mass is 249 g/mol. The van der Waals surface area contributed by atoms with Crippen LogP contribution in [0.25, 0.3) is 0 Å². The molecular weight excluding hydrogens is 226 g/mol. The third kappa shape index (κ3) is 3.25. The molecule has 0 saturated heterocycles. The molecule has 0 amide bonds. The number of aliphatic carboxylic acids is 1. The van der Waals surface area contributed by atoms with Crippen LogP contribution in [0.15, 0.2) is 12.1 Å². The zero-order chi connectivity index (χ0) is 13.9. The molecule has 0 heterocycles. The molecule has 0 saturated carbocycles. The summed E-state index contributed by atoms with van der Waals surface area (Å²) in [5.41, 5.74) is 4.85. The molecule has 0 aliphatic rings. The molecule has 0 radical (unpaired) electrons. The van der Waals surface area contributed by atoms with E-state index < -0.39 is 5.97 Å². The number of anilines is 1. The Kier molecular flexibility index (Phi) is 4.76. The van der Waals surface area contributed by atoms with Gasteiger partial charge in [0.1, 0.15) is 0 Å². The van der Waals surface area contributed by atoms with Crippen LogP contribution in [0, 0.1) is 26.7 Å². The SMILES string of the molecule is CCN(CC(C)C(=O)O)c1c(C)cc(C)cc1C. The van der Waals surface area contributed by atoms with Gasteiger partial charge in [0.15, 0.2) is 0 Å². The fraction of sp³-hybridized carbons (Fsp3) is 0.533. The average molecular weight is 249 g/mol. The lowest BCUT2D eigenvalue weighted by atomic mass is 10.0. The number of carboxylic acids is 1. The van der Waals surface area contributed by atoms with Crippen molar-refractivity contribution in [2.24, 2.45) is 5.92 Å². The Hall–Kier alpha value is -1.51. The maximum atomic E-state index is 11.0. The molecule has 0 aliphatic carbocycles. The van der Waals surface area contributed by atoms with Crippen LogP contribution in [0.5, 0.6) is 0 Å². The smallest absolute Gasteiger partial charge is 0.308 e. The first kappa shape index (κ1) is 14.6. The lowest BCUT2D eigenvalue weighted by Gasteiger charge is -2.28. The largest absolute Gasteiger partial charge is 0.481 e. The highest BCUT2D eigenvalue weighted by atomic mass is 16.4. The summed E-state index contributed by atoms with van der Waals surface area (Å²) in [6.07, 6.45) is 0. The summed E-state index contributed by atoms with van der Waals surface area (Å²) in [7, 11) is 0. The van der Waals surface area contributed by atoms with E-state index in [-0.39, 0.29) is 5.92 Å². The zero-order valence-electron chi connectivity index (χ0n) is 11.9. The van der Waals surface area contributed by atoms with Crippen molar-refractivity contribution in [3.8, 4) is 0 Å². The molecule has 0 spiro atoms. The van der Waals surface area contributed by atoms with Gasteiger partial charge in [-0.15, -0.1) is 0 Å². The number of benzene rings is 1. The molecule has 18 heavy (non-hydrogen) atoms. The van der Waals surface area contributed by atoms with Crippen molar-refractivity contribution in [3.05, 3.63) is 28.8 Å². The number of hydrogen-bond donors (Lipinski definition) is 1. The van der Waals surface area contributed by atoms with Crippen molar-refractivity contribution < 1.29 is 9.90 Å². The molecule has 0 fully saturated rings. The molecule has 1 aromatic carbocycles. The van der Waals surface area contributed by atoms with Crippen LogP contribution >= 0.6 is 0 Å². The Morgan fingerprint density at radius 2 is 1.78 bits per heavy atom. The molecule has 0 aliphatic heterocycles. The third-order valence-corrected chi connectivity index (χ3v) is 3.25. The number of carbonyl (C=O) groups is 1. The fourth-order valence-electron chi connectivity index (χ4n) is 2.46. The molecule has 1 N–H and O–H groups in total. The molecule has 1 unspecified atom stereocenters. The quantitative estimate of drug-likeness (QED) is 0.871. The molecular formula is C15H23NO2. The van der Waals surface area contributed by atoms with E-state index in [1.165, 1.54) is 22.4 Å². The standard InChI is InChI=1S/C15H23NO2/c1-6-16(9-13(5)15(17)18)14-11(3)7-10(2)8-12(14)4/h7-8,13H,6,9H2,1-5H3,(H,17,18). The van der Waals surface area contributed by atoms with E-state index in [9.17, 15) is 4.79 Å². The van der Waals surface area contributed by atoms with Crippen molar-refractivity contribution in [2.45, 2.75) is 34.6 Å². The van der Waals surface area contributed by atoms with E-state index in [1.54, 1.807) is 6.92 Å². The van der Waals surface area contributed by atoms with E-state index >= 15 is 0 Å². The first-order valence-electron chi connectivity index (χ1n) is 6.42. The van der Waals surface area contributed by atoms with E-state index in [0.29, 0.717) is 6.54 Å². The average Bonchev–Trinajstić information content (AvgIpc) is 2.25. The fourth-order valence-corrected chi connectivity index (χ4v) is 2.46. The van der Waals surface area contributed by atoms with Gasteiger partial charge in [0.05, 0.1) is 5.92 Å². The molecule has 0 bridgehead atoms. The van der Waals surface area contributed by atoms with E-state index in [1.807, 2.05) is 0 Å². The van der Waals surface area contributed by atoms with Gasteiger partial charge in [0.2, 0.25) is 0 Å². The van der Waals surface area contributed by atoms with Gasteiger partial charge in [-0.2, -0.15) is 0 Å². The van der Waals surface area contributed by atoms with Crippen LogP contribution in [0.3, 0.4) is 0 Å². The molecule has 1 atom stereocenters. The second-order valence-corrected chi connectivity index (χ2v) is 5.03. The van der Waals surface area contributed by atoms with Crippen molar-refractivity contribution in [3.63, 3.8) is 0 Å². The van der Waals surface area contributed by atoms with Crippen LogP contribution in [0.2, 0.25) is 0 Å². The van der Waals surface area contributed by atoms with Gasteiger partial charge in [-0.05, 0) is 38.8 Å². The van der Waals surface area contributed by atoms with Crippen LogP contribution in [0.1, 0.15) is 30.5 Å². The highest BCUT2D eigenvalue weighted by Gasteiger charge is 2.18. The van der Waals surface area contributed by atoms with Gasteiger partial charge in [-0.25, -0.2) is 0 Å². The number of carboxylic acid groups (broad SMARTS) is 1. The van der Waals surface area contributed by atoms with Gasteiger partial charge < -0.3 is 10.0 Å². The highest BCUT2D eigenvalue weighted by Crippen LogP contribution is 2.26. The summed E-state index contributed by atoms with van der Waals surface area (Å²) in [5.74, 6) is -1.10. The number of hydrogen-bond acceptors (Lipinski definition) is 2. The van der Waals surface area contributed by atoms with Crippen molar-refractivity contribution in [2.75, 3.05) is 18.0 Å². The van der Waals surface area contributed by atoms with Gasteiger partial charge in [0.25, 0.3) is 0 Å². The molecule has 100 valence electrons. The predicted molar refractivity (Wildman–Crippen MR) is 75.3 cm³/mol. The van der Waals surface area contributed by atoms with E-state index in [0.717, 1.165) is 6.54 Å². The van der Waals surface area contributed by atoms with Gasteiger partial charge >= 0.3 is 5.97 Å². The normalized spacial score (nSPS) is 12.3. The summed E-state index contributed by atoms with van der Waals surface area (Å²) < 4.78 is 0. The first-order chi connectivity index (χ1) is 8.36. The lowest BCUT2D eigenvalue weighted by Crippen LogP contribution is -2.32. The maximum absolute atomic E-state index is 11.0. The van der Waals surface area contributed by atoms with Crippen molar-refractivity contribution >= 4 is 11.7 Å². The van der Waals surface area contributed by atoms with Gasteiger partial charge in [0, 0.05) is 18.8 Å². The lowest BCUT2D eigenvalue weighted by molar-refractivity contribution is -0.140. The van der Waals surface area contributed by atoms with E-state index in [2.05, 4.69) is 44.7 Å². The highest BCUT2D eigenvalue weighted by molar-refractivity contribution is 5.71. The second kappa shape index (κ2) is 5.89. The Bertz CT molecular complexity index is 417. The van der Waals surface area contributed by atoms with Crippen LogP contribution in [-0.2, 0) is 4.79 Å². The minimum atomic E-state index is -0.740. The van der Waals surface area contributed by atoms with Crippen molar-refractivity contribution in [1.29, 1.82) is 0 Å². The number of rotatable bonds is 5. The zero-order valence-corrected chi connectivity index (χ0v) is 11.9. The molecule has 1 rings (SSSR count). The second-order valence-electron chi connectivity index (χ2n) is 5.03. The van der Waals surface area contributed by atoms with Crippen LogP contribution in [0.4, 0.5) is 5.69 Å². The maximum Gasteiger partial charge on any atom is 0.308 e. The van der Waals surface area contributed by atoms with Crippen LogP contribution < -0.4 is 4.90 Å². The summed E-state index contributed by atoms with van der Waals surface area (Å²) in [6, 6.07) is 4.30. The minimum Gasteiger partial charge on any atom is -0.481 e. The Labute approximate surface area is 109 Å². The molecule has 3 nitrogen and oxygen atoms in total.